The van der Waals surface area contributed by atoms with E-state index < -0.39 is 0 Å². The maximum Gasteiger partial charge on any atom is 0.0415 e. The Labute approximate surface area is 100 Å². The third-order valence-electron chi connectivity index (χ3n) is 2.31. The predicted octanol–water partition coefficient (Wildman–Crippen LogP) is 3.61. The number of anilines is 2. The predicted molar refractivity (Wildman–Crippen MR) is 68.4 cm³/mol. The molecule has 1 N–H and O–H groups in total. The molecule has 0 aliphatic heterocycles. The lowest BCUT2D eigenvalue weighted by molar-refractivity contribution is 1.15. The first-order chi connectivity index (χ1) is 7.88. The maximum atomic E-state index is 5.68. The molecule has 0 saturated carbocycles. The highest BCUT2D eigenvalue weighted by Crippen LogP contribution is 2.16. The van der Waals surface area contributed by atoms with Gasteiger partial charge < -0.3 is 5.32 Å². The highest BCUT2D eigenvalue weighted by Gasteiger charge is 1.95. The van der Waals surface area contributed by atoms with Gasteiger partial charge >= 0.3 is 0 Å². The molecular formula is C13H13ClN2. The van der Waals surface area contributed by atoms with Crippen molar-refractivity contribution >= 4 is 23.0 Å². The van der Waals surface area contributed by atoms with Gasteiger partial charge in [-0.05, 0) is 36.2 Å². The summed E-state index contributed by atoms with van der Waals surface area (Å²) in [7, 11) is 0. The molecule has 0 aliphatic carbocycles. The van der Waals surface area contributed by atoms with E-state index in [1.165, 1.54) is 5.56 Å². The third-order valence-corrected chi connectivity index (χ3v) is 2.50. The molecule has 2 nitrogen and oxygen atoms in total. The minimum atomic E-state index is 0.664. The Bertz CT molecular complexity index is 425. The van der Waals surface area contributed by atoms with Crippen LogP contribution < -0.4 is 5.32 Å². The number of hydrogen-bond donors (Lipinski definition) is 1. The van der Waals surface area contributed by atoms with Crippen molar-refractivity contribution in [2.24, 2.45) is 0 Å². The summed E-state index contributed by atoms with van der Waals surface area (Å²) < 4.78 is 0. The smallest absolute Gasteiger partial charge is 0.0415 e. The van der Waals surface area contributed by atoms with Crippen molar-refractivity contribution in [2.75, 3.05) is 11.2 Å². The fraction of sp³-hybridized carbons (Fsp3) is 0.154. The number of rotatable bonds is 4. The summed E-state index contributed by atoms with van der Waals surface area (Å²) in [5.41, 5.74) is 3.37. The number of alkyl halides is 1. The Morgan fingerprint density at radius 2 is 1.56 bits per heavy atom. The minimum Gasteiger partial charge on any atom is -0.355 e. The Morgan fingerprint density at radius 1 is 0.938 bits per heavy atom. The summed E-state index contributed by atoms with van der Waals surface area (Å²) in [6, 6.07) is 12.2. The lowest BCUT2D eigenvalue weighted by Crippen LogP contribution is -1.91. The van der Waals surface area contributed by atoms with Gasteiger partial charge in [0.2, 0.25) is 0 Å². The fourth-order valence-electron chi connectivity index (χ4n) is 1.47. The van der Waals surface area contributed by atoms with E-state index in [9.17, 15) is 0 Å². The SMILES string of the molecule is ClCCc1ccc(Nc2ccncc2)cc1. The van der Waals surface area contributed by atoms with E-state index in [-0.39, 0.29) is 0 Å². The van der Waals surface area contributed by atoms with E-state index in [4.69, 9.17) is 11.6 Å². The molecule has 0 amide bonds. The zero-order valence-electron chi connectivity index (χ0n) is 8.86. The van der Waals surface area contributed by atoms with E-state index >= 15 is 0 Å². The normalized spacial score (nSPS) is 10.1. The molecule has 0 radical (unpaired) electrons. The van der Waals surface area contributed by atoms with Gasteiger partial charge in [0.25, 0.3) is 0 Å². The van der Waals surface area contributed by atoms with Gasteiger partial charge in [-0.25, -0.2) is 0 Å². The van der Waals surface area contributed by atoms with E-state index in [0.29, 0.717) is 5.88 Å². The molecule has 1 aromatic heterocycles. The van der Waals surface area contributed by atoms with E-state index in [2.05, 4.69) is 34.6 Å². The van der Waals surface area contributed by atoms with Crippen LogP contribution >= 0.6 is 11.6 Å². The van der Waals surface area contributed by atoms with Crippen LogP contribution in [0.2, 0.25) is 0 Å². The molecule has 82 valence electrons. The number of aryl methyl sites for hydroxylation is 1. The number of halogens is 1. The molecule has 1 heterocycles. The van der Waals surface area contributed by atoms with Crippen molar-refractivity contribution in [1.82, 2.24) is 4.98 Å². The fourth-order valence-corrected chi connectivity index (χ4v) is 1.68. The van der Waals surface area contributed by atoms with Crippen molar-refractivity contribution in [1.29, 1.82) is 0 Å². The highest BCUT2D eigenvalue weighted by molar-refractivity contribution is 6.17. The summed E-state index contributed by atoms with van der Waals surface area (Å²) >= 11 is 5.68. The van der Waals surface area contributed by atoms with Crippen molar-refractivity contribution in [2.45, 2.75) is 6.42 Å². The quantitative estimate of drug-likeness (QED) is 0.815. The van der Waals surface area contributed by atoms with Crippen molar-refractivity contribution in [3.05, 3.63) is 54.4 Å². The molecule has 0 aliphatic rings. The molecule has 0 fully saturated rings. The van der Waals surface area contributed by atoms with Crippen LogP contribution in [0, 0.1) is 0 Å². The van der Waals surface area contributed by atoms with Crippen molar-refractivity contribution in [3.63, 3.8) is 0 Å². The van der Waals surface area contributed by atoms with Gasteiger partial charge in [-0.3, -0.25) is 4.98 Å². The summed E-state index contributed by atoms with van der Waals surface area (Å²) in [6.45, 7) is 0. The second-order valence-corrected chi connectivity index (χ2v) is 3.87. The summed E-state index contributed by atoms with van der Waals surface area (Å²) in [6.07, 6.45) is 4.45. The number of nitrogens with zero attached hydrogens (tertiary/aromatic N) is 1. The van der Waals surface area contributed by atoms with Crippen molar-refractivity contribution < 1.29 is 0 Å². The van der Waals surface area contributed by atoms with Crippen LogP contribution in [0.5, 0.6) is 0 Å². The molecule has 3 heteroatoms. The van der Waals surface area contributed by atoms with Gasteiger partial charge in [-0.15, -0.1) is 11.6 Å². The highest BCUT2D eigenvalue weighted by atomic mass is 35.5. The molecule has 0 unspecified atom stereocenters. The lowest BCUT2D eigenvalue weighted by Gasteiger charge is -2.06. The van der Waals surface area contributed by atoms with Crippen LogP contribution in [-0.2, 0) is 6.42 Å². The van der Waals surface area contributed by atoms with Gasteiger partial charge in [0.15, 0.2) is 0 Å². The molecule has 16 heavy (non-hydrogen) atoms. The maximum absolute atomic E-state index is 5.68. The van der Waals surface area contributed by atoms with E-state index in [1.54, 1.807) is 12.4 Å². The largest absolute Gasteiger partial charge is 0.355 e. The third kappa shape index (κ3) is 2.97. The Balaban J connectivity index is 2.05. The molecule has 1 aromatic carbocycles. The van der Waals surface area contributed by atoms with Crippen LogP contribution in [0.15, 0.2) is 48.8 Å². The Kier molecular flexibility index (Phi) is 3.78. The van der Waals surface area contributed by atoms with E-state index in [0.717, 1.165) is 17.8 Å². The number of nitrogens with one attached hydrogen (secondary N) is 1. The number of benzene rings is 1. The first-order valence-corrected chi connectivity index (χ1v) is 5.74. The molecule has 0 spiro atoms. The topological polar surface area (TPSA) is 24.9 Å². The monoisotopic (exact) mass is 232 g/mol. The second kappa shape index (κ2) is 5.52. The first-order valence-electron chi connectivity index (χ1n) is 5.20. The number of hydrogen-bond acceptors (Lipinski definition) is 2. The van der Waals surface area contributed by atoms with E-state index in [1.807, 2.05) is 12.1 Å². The molecule has 0 atom stereocenters. The minimum absolute atomic E-state index is 0.664. The van der Waals surface area contributed by atoms with Crippen molar-refractivity contribution in [3.8, 4) is 0 Å². The Hall–Kier alpha value is -1.54. The van der Waals surface area contributed by atoms with Gasteiger partial charge in [-0.2, -0.15) is 0 Å². The van der Waals surface area contributed by atoms with Gasteiger partial charge in [-0.1, -0.05) is 12.1 Å². The number of pyridine rings is 1. The molecule has 0 saturated heterocycles. The zero-order chi connectivity index (χ0) is 11.2. The second-order valence-electron chi connectivity index (χ2n) is 3.50. The lowest BCUT2D eigenvalue weighted by atomic mass is 10.1. The van der Waals surface area contributed by atoms with Crippen LogP contribution in [-0.4, -0.2) is 10.9 Å². The molecular weight excluding hydrogens is 220 g/mol. The van der Waals surface area contributed by atoms with Crippen LogP contribution in [0.25, 0.3) is 0 Å². The van der Waals surface area contributed by atoms with Crippen LogP contribution in [0.1, 0.15) is 5.56 Å². The molecule has 2 rings (SSSR count). The molecule has 2 aromatic rings. The van der Waals surface area contributed by atoms with Gasteiger partial charge in [0.1, 0.15) is 0 Å². The van der Waals surface area contributed by atoms with Gasteiger partial charge in [0, 0.05) is 29.6 Å². The average Bonchev–Trinajstić information content (AvgIpc) is 2.33. The summed E-state index contributed by atoms with van der Waals surface area (Å²) in [5, 5.41) is 3.30. The summed E-state index contributed by atoms with van der Waals surface area (Å²) in [5.74, 6) is 0.664. The zero-order valence-corrected chi connectivity index (χ0v) is 9.61. The first kappa shape index (κ1) is 11.0. The average molecular weight is 233 g/mol. The standard InChI is InChI=1S/C13H13ClN2/c14-8-5-11-1-3-12(4-2-11)16-13-6-9-15-10-7-13/h1-4,6-7,9-10H,5,8H2,(H,15,16). The molecule has 0 bridgehead atoms. The number of aromatic nitrogens is 1. The van der Waals surface area contributed by atoms with Crippen LogP contribution in [0.4, 0.5) is 11.4 Å². The van der Waals surface area contributed by atoms with Crippen LogP contribution in [0.3, 0.4) is 0 Å². The Morgan fingerprint density at radius 3 is 2.19 bits per heavy atom. The van der Waals surface area contributed by atoms with Gasteiger partial charge in [0.05, 0.1) is 0 Å². The summed E-state index contributed by atoms with van der Waals surface area (Å²) in [4.78, 5) is 3.97.